The van der Waals surface area contributed by atoms with Gasteiger partial charge in [0, 0.05) is 12.6 Å². The van der Waals surface area contributed by atoms with E-state index in [1.807, 2.05) is 18.2 Å². The van der Waals surface area contributed by atoms with Crippen molar-refractivity contribution < 1.29 is 0 Å². The van der Waals surface area contributed by atoms with Gasteiger partial charge in [-0.2, -0.15) is 0 Å². The molecule has 0 aliphatic rings. The van der Waals surface area contributed by atoms with Crippen molar-refractivity contribution in [1.82, 2.24) is 4.98 Å². The summed E-state index contributed by atoms with van der Waals surface area (Å²) in [6, 6.07) is 6.59. The Kier molecular flexibility index (Phi) is 5.68. The molecule has 0 atom stereocenters. The number of nitrogens with zero attached hydrogens (tertiary/aromatic N) is 1. The molecule has 1 aromatic heterocycles. The van der Waals surface area contributed by atoms with Gasteiger partial charge in [0.15, 0.2) is 0 Å². The monoisotopic (exact) mass is 221 g/mol. The molecule has 0 bridgehead atoms. The van der Waals surface area contributed by atoms with Crippen LogP contribution in [-0.4, -0.2) is 17.6 Å². The maximum absolute atomic E-state index is 4.52. The first-order valence-electron chi connectivity index (χ1n) is 6.27. The molecule has 0 aliphatic carbocycles. The Morgan fingerprint density at radius 2 is 1.81 bits per heavy atom. The van der Waals surface area contributed by atoms with E-state index < -0.39 is 0 Å². The minimum Gasteiger partial charge on any atom is -0.370 e. The van der Waals surface area contributed by atoms with E-state index in [9.17, 15) is 0 Å². The number of nitrogens with one attached hydrogen (secondary N) is 2. The molecule has 1 heterocycles. The molecule has 3 nitrogen and oxygen atoms in total. The normalized spacial score (nSPS) is 10.5. The van der Waals surface area contributed by atoms with Crippen LogP contribution in [0, 0.1) is 0 Å². The lowest BCUT2D eigenvalue weighted by Crippen LogP contribution is -2.18. The Bertz CT molecular complexity index is 295. The summed E-state index contributed by atoms with van der Waals surface area (Å²) in [6.45, 7) is 7.52. The van der Waals surface area contributed by atoms with Crippen LogP contribution in [0.1, 0.15) is 40.0 Å². The zero-order chi connectivity index (χ0) is 11.8. The second-order valence-corrected chi connectivity index (χ2v) is 3.99. The lowest BCUT2D eigenvalue weighted by Gasteiger charge is -2.16. The summed E-state index contributed by atoms with van der Waals surface area (Å²) in [5.41, 5.74) is 0. The summed E-state index contributed by atoms with van der Waals surface area (Å²) < 4.78 is 0. The van der Waals surface area contributed by atoms with Gasteiger partial charge in [-0.25, -0.2) is 4.98 Å². The predicted octanol–water partition coefficient (Wildman–Crippen LogP) is 3.50. The van der Waals surface area contributed by atoms with Gasteiger partial charge in [-0.3, -0.25) is 0 Å². The van der Waals surface area contributed by atoms with Crippen molar-refractivity contribution in [3.8, 4) is 0 Å². The first-order chi connectivity index (χ1) is 7.80. The standard InChI is InChI=1S/C13H23N3/c1-4-10-14-12-8-7-9-13(16-12)15-11(5-2)6-3/h7-9,11H,4-6,10H2,1-3H3,(H2,14,15,16). The fourth-order valence-corrected chi connectivity index (χ4v) is 1.57. The van der Waals surface area contributed by atoms with Crippen LogP contribution in [0.15, 0.2) is 18.2 Å². The SMILES string of the molecule is CCCNc1cccc(NC(CC)CC)n1. The van der Waals surface area contributed by atoms with E-state index in [-0.39, 0.29) is 0 Å². The van der Waals surface area contributed by atoms with Crippen molar-refractivity contribution in [3.63, 3.8) is 0 Å². The summed E-state index contributed by atoms with van der Waals surface area (Å²) in [4.78, 5) is 4.52. The van der Waals surface area contributed by atoms with Crippen LogP contribution in [0.4, 0.5) is 11.6 Å². The third kappa shape index (κ3) is 4.09. The summed E-state index contributed by atoms with van der Waals surface area (Å²) >= 11 is 0. The largest absolute Gasteiger partial charge is 0.370 e. The Morgan fingerprint density at radius 3 is 2.44 bits per heavy atom. The maximum Gasteiger partial charge on any atom is 0.128 e. The molecule has 1 rings (SSSR count). The van der Waals surface area contributed by atoms with Crippen molar-refractivity contribution in [1.29, 1.82) is 0 Å². The summed E-state index contributed by atoms with van der Waals surface area (Å²) in [7, 11) is 0. The van der Waals surface area contributed by atoms with Crippen LogP contribution in [0.25, 0.3) is 0 Å². The van der Waals surface area contributed by atoms with Gasteiger partial charge in [-0.1, -0.05) is 26.8 Å². The number of hydrogen-bond donors (Lipinski definition) is 2. The highest BCUT2D eigenvalue weighted by atomic mass is 15.1. The van der Waals surface area contributed by atoms with Crippen molar-refractivity contribution in [2.45, 2.75) is 46.1 Å². The molecular formula is C13H23N3. The predicted molar refractivity (Wildman–Crippen MR) is 71.0 cm³/mol. The number of aromatic nitrogens is 1. The maximum atomic E-state index is 4.52. The molecule has 0 fully saturated rings. The quantitative estimate of drug-likeness (QED) is 0.740. The van der Waals surface area contributed by atoms with E-state index in [2.05, 4.69) is 36.4 Å². The number of anilines is 2. The Hall–Kier alpha value is -1.25. The Labute approximate surface area is 98.7 Å². The van der Waals surface area contributed by atoms with Gasteiger partial charge in [0.2, 0.25) is 0 Å². The third-order valence-corrected chi connectivity index (χ3v) is 2.64. The van der Waals surface area contributed by atoms with Crippen molar-refractivity contribution in [2.24, 2.45) is 0 Å². The molecule has 1 aromatic rings. The zero-order valence-corrected chi connectivity index (χ0v) is 10.6. The fourth-order valence-electron chi connectivity index (χ4n) is 1.57. The highest BCUT2D eigenvalue weighted by Gasteiger charge is 2.03. The second-order valence-electron chi connectivity index (χ2n) is 3.99. The van der Waals surface area contributed by atoms with E-state index in [4.69, 9.17) is 0 Å². The molecule has 0 amide bonds. The van der Waals surface area contributed by atoms with Crippen LogP contribution in [0.5, 0.6) is 0 Å². The van der Waals surface area contributed by atoms with E-state index in [0.29, 0.717) is 6.04 Å². The van der Waals surface area contributed by atoms with Gasteiger partial charge in [0.1, 0.15) is 11.6 Å². The topological polar surface area (TPSA) is 37.0 Å². The lowest BCUT2D eigenvalue weighted by molar-refractivity contribution is 0.668. The number of pyridine rings is 1. The average molecular weight is 221 g/mol. The van der Waals surface area contributed by atoms with Crippen molar-refractivity contribution in [2.75, 3.05) is 17.2 Å². The highest BCUT2D eigenvalue weighted by Crippen LogP contribution is 2.12. The molecule has 3 heteroatoms. The minimum absolute atomic E-state index is 0.522. The lowest BCUT2D eigenvalue weighted by atomic mass is 10.2. The molecule has 0 aromatic carbocycles. The molecule has 16 heavy (non-hydrogen) atoms. The molecule has 0 aliphatic heterocycles. The molecule has 0 saturated carbocycles. The van der Waals surface area contributed by atoms with E-state index in [1.165, 1.54) is 0 Å². The molecule has 0 radical (unpaired) electrons. The van der Waals surface area contributed by atoms with Gasteiger partial charge in [-0.15, -0.1) is 0 Å². The smallest absolute Gasteiger partial charge is 0.128 e. The van der Waals surface area contributed by atoms with Gasteiger partial charge in [0.25, 0.3) is 0 Å². The fraction of sp³-hybridized carbons (Fsp3) is 0.615. The molecule has 2 N–H and O–H groups in total. The molecule has 0 spiro atoms. The number of rotatable bonds is 7. The molecular weight excluding hydrogens is 198 g/mol. The summed E-state index contributed by atoms with van der Waals surface area (Å²) in [6.07, 6.45) is 3.38. The van der Waals surface area contributed by atoms with Gasteiger partial charge in [-0.05, 0) is 31.4 Å². The van der Waals surface area contributed by atoms with Crippen molar-refractivity contribution in [3.05, 3.63) is 18.2 Å². The molecule has 0 saturated heterocycles. The first kappa shape index (κ1) is 12.8. The van der Waals surface area contributed by atoms with Crippen LogP contribution in [-0.2, 0) is 0 Å². The van der Waals surface area contributed by atoms with Crippen LogP contribution < -0.4 is 10.6 Å². The van der Waals surface area contributed by atoms with Crippen LogP contribution >= 0.6 is 0 Å². The highest BCUT2D eigenvalue weighted by molar-refractivity contribution is 5.45. The Morgan fingerprint density at radius 1 is 1.12 bits per heavy atom. The van der Waals surface area contributed by atoms with Crippen LogP contribution in [0.2, 0.25) is 0 Å². The Balaban J connectivity index is 2.59. The van der Waals surface area contributed by atoms with Gasteiger partial charge < -0.3 is 10.6 Å². The van der Waals surface area contributed by atoms with E-state index in [0.717, 1.165) is 37.4 Å². The van der Waals surface area contributed by atoms with Gasteiger partial charge in [0.05, 0.1) is 0 Å². The van der Waals surface area contributed by atoms with Gasteiger partial charge >= 0.3 is 0 Å². The van der Waals surface area contributed by atoms with E-state index >= 15 is 0 Å². The second kappa shape index (κ2) is 7.09. The zero-order valence-electron chi connectivity index (χ0n) is 10.6. The first-order valence-corrected chi connectivity index (χ1v) is 6.27. The van der Waals surface area contributed by atoms with E-state index in [1.54, 1.807) is 0 Å². The molecule has 90 valence electrons. The van der Waals surface area contributed by atoms with Crippen molar-refractivity contribution >= 4 is 11.6 Å². The average Bonchev–Trinajstić information content (AvgIpc) is 2.34. The number of hydrogen-bond acceptors (Lipinski definition) is 3. The third-order valence-electron chi connectivity index (χ3n) is 2.64. The summed E-state index contributed by atoms with van der Waals surface area (Å²) in [5, 5.41) is 6.74. The summed E-state index contributed by atoms with van der Waals surface area (Å²) in [5.74, 6) is 1.92. The van der Waals surface area contributed by atoms with Crippen LogP contribution in [0.3, 0.4) is 0 Å². The minimum atomic E-state index is 0.522. The molecule has 0 unspecified atom stereocenters.